The highest BCUT2D eigenvalue weighted by atomic mass is 32.2. The maximum atomic E-state index is 13.5. The van der Waals surface area contributed by atoms with Gasteiger partial charge in [0, 0.05) is 11.8 Å². The van der Waals surface area contributed by atoms with Crippen LogP contribution in [-0.4, -0.2) is 15.1 Å². The Kier molecular flexibility index (Phi) is 3.13. The van der Waals surface area contributed by atoms with E-state index < -0.39 is 0 Å². The number of hydrogen-bond acceptors (Lipinski definition) is 3. The summed E-state index contributed by atoms with van der Waals surface area (Å²) in [7, 11) is 0. The summed E-state index contributed by atoms with van der Waals surface area (Å²) in [6.45, 7) is 0. The van der Waals surface area contributed by atoms with Crippen molar-refractivity contribution in [1.82, 2.24) is 9.97 Å². The molecule has 0 aliphatic carbocycles. The number of phenolic OH excluding ortho intramolecular Hbond substituents is 1. The first-order valence-corrected chi connectivity index (χ1v) is 6.76. The minimum Gasteiger partial charge on any atom is -0.508 e. The Bertz CT molecular complexity index is 726. The van der Waals surface area contributed by atoms with Crippen LogP contribution < -0.4 is 0 Å². The van der Waals surface area contributed by atoms with E-state index in [2.05, 4.69) is 9.97 Å². The lowest BCUT2D eigenvalue weighted by Gasteiger charge is -2.00. The number of phenols is 1. The molecule has 1 heterocycles. The van der Waals surface area contributed by atoms with Gasteiger partial charge < -0.3 is 10.1 Å². The zero-order valence-corrected chi connectivity index (χ0v) is 10.7. The fraction of sp³-hybridized carbons (Fsp3) is 0.0714. The van der Waals surface area contributed by atoms with Gasteiger partial charge in [0.2, 0.25) is 0 Å². The third-order valence-electron chi connectivity index (χ3n) is 2.77. The Labute approximate surface area is 113 Å². The van der Waals surface area contributed by atoms with E-state index in [1.165, 1.54) is 17.8 Å². The first kappa shape index (κ1) is 12.0. The molecule has 0 fully saturated rings. The number of halogens is 1. The molecule has 19 heavy (non-hydrogen) atoms. The number of nitrogens with one attached hydrogen (secondary N) is 1. The van der Waals surface area contributed by atoms with Gasteiger partial charge in [-0.15, -0.1) is 0 Å². The predicted molar refractivity (Wildman–Crippen MR) is 73.7 cm³/mol. The summed E-state index contributed by atoms with van der Waals surface area (Å²) in [5.74, 6) is 0.504. The van der Waals surface area contributed by atoms with E-state index in [9.17, 15) is 9.50 Å². The highest BCUT2D eigenvalue weighted by molar-refractivity contribution is 7.98. The van der Waals surface area contributed by atoms with E-state index >= 15 is 0 Å². The molecule has 0 bridgehead atoms. The fourth-order valence-corrected chi connectivity index (χ4v) is 2.68. The van der Waals surface area contributed by atoms with E-state index in [1.807, 2.05) is 6.07 Å². The van der Waals surface area contributed by atoms with Crippen LogP contribution in [0.15, 0.2) is 47.6 Å². The molecule has 0 aliphatic heterocycles. The number of aromatic hydroxyl groups is 1. The lowest BCUT2D eigenvalue weighted by atomic mass is 10.2. The monoisotopic (exact) mass is 274 g/mol. The molecule has 96 valence electrons. The number of aromatic nitrogens is 2. The van der Waals surface area contributed by atoms with Gasteiger partial charge in [-0.3, -0.25) is 0 Å². The third kappa shape index (κ3) is 2.56. The SMILES string of the molecule is Oc1ccc2nc(SCc3ccccc3F)[nH]c2c1. The normalized spacial score (nSPS) is 11.0. The molecule has 2 N–H and O–H groups in total. The third-order valence-corrected chi connectivity index (χ3v) is 3.69. The van der Waals surface area contributed by atoms with Crippen molar-refractivity contribution >= 4 is 22.8 Å². The van der Waals surface area contributed by atoms with Gasteiger partial charge in [-0.25, -0.2) is 9.37 Å². The zero-order valence-electron chi connectivity index (χ0n) is 9.93. The number of rotatable bonds is 3. The standard InChI is InChI=1S/C14H11FN2OS/c15-11-4-2-1-3-9(11)8-19-14-16-12-6-5-10(18)7-13(12)17-14/h1-7,18H,8H2,(H,16,17). The Morgan fingerprint density at radius 1 is 1.21 bits per heavy atom. The molecule has 0 atom stereocenters. The highest BCUT2D eigenvalue weighted by Gasteiger charge is 2.06. The zero-order chi connectivity index (χ0) is 13.2. The number of aromatic amines is 1. The van der Waals surface area contributed by atoms with Crippen LogP contribution in [0.25, 0.3) is 11.0 Å². The summed E-state index contributed by atoms with van der Waals surface area (Å²) in [5.41, 5.74) is 2.21. The molecule has 0 aliphatic rings. The Morgan fingerprint density at radius 3 is 2.89 bits per heavy atom. The van der Waals surface area contributed by atoms with Crippen LogP contribution in [0.4, 0.5) is 4.39 Å². The van der Waals surface area contributed by atoms with Crippen molar-refractivity contribution in [2.45, 2.75) is 10.9 Å². The van der Waals surface area contributed by atoms with Gasteiger partial charge >= 0.3 is 0 Å². The molecule has 3 nitrogen and oxygen atoms in total. The van der Waals surface area contributed by atoms with E-state index in [0.717, 1.165) is 11.0 Å². The minimum absolute atomic E-state index is 0.196. The molecule has 0 saturated carbocycles. The first-order chi connectivity index (χ1) is 9.22. The summed E-state index contributed by atoms with van der Waals surface area (Å²) < 4.78 is 13.5. The minimum atomic E-state index is -0.205. The number of H-pyrrole nitrogens is 1. The molecule has 0 amide bonds. The van der Waals surface area contributed by atoms with Crippen LogP contribution in [0.2, 0.25) is 0 Å². The van der Waals surface area contributed by atoms with Crippen molar-refractivity contribution < 1.29 is 9.50 Å². The van der Waals surface area contributed by atoms with Crippen molar-refractivity contribution in [2.24, 2.45) is 0 Å². The number of nitrogens with zero attached hydrogens (tertiary/aromatic N) is 1. The Balaban J connectivity index is 1.80. The molecule has 3 aromatic rings. The summed E-state index contributed by atoms with van der Waals surface area (Å²) >= 11 is 1.43. The lowest BCUT2D eigenvalue weighted by Crippen LogP contribution is -1.86. The average Bonchev–Trinajstić information content (AvgIpc) is 2.79. The van der Waals surface area contributed by atoms with Gasteiger partial charge in [-0.05, 0) is 23.8 Å². The van der Waals surface area contributed by atoms with Gasteiger partial charge in [0.25, 0.3) is 0 Å². The Morgan fingerprint density at radius 2 is 2.05 bits per heavy atom. The molecular formula is C14H11FN2OS. The van der Waals surface area contributed by atoms with Crippen molar-refractivity contribution in [1.29, 1.82) is 0 Å². The molecule has 0 saturated heterocycles. The van der Waals surface area contributed by atoms with E-state index in [4.69, 9.17) is 0 Å². The molecule has 2 aromatic carbocycles. The number of thioether (sulfide) groups is 1. The summed E-state index contributed by atoms with van der Waals surface area (Å²) in [6, 6.07) is 11.7. The van der Waals surface area contributed by atoms with Crippen molar-refractivity contribution in [3.8, 4) is 5.75 Å². The number of benzene rings is 2. The van der Waals surface area contributed by atoms with Gasteiger partial charge in [-0.1, -0.05) is 30.0 Å². The second kappa shape index (κ2) is 4.93. The number of fused-ring (bicyclic) bond motifs is 1. The van der Waals surface area contributed by atoms with Crippen LogP contribution in [-0.2, 0) is 5.75 Å². The van der Waals surface area contributed by atoms with Crippen LogP contribution in [0.3, 0.4) is 0 Å². The van der Waals surface area contributed by atoms with Crippen LogP contribution in [0, 0.1) is 5.82 Å². The van der Waals surface area contributed by atoms with Crippen LogP contribution in [0.5, 0.6) is 5.75 Å². The summed E-state index contributed by atoms with van der Waals surface area (Å²) in [5, 5.41) is 10.1. The second-order valence-corrected chi connectivity index (χ2v) is 5.09. The van der Waals surface area contributed by atoms with Gasteiger partial charge in [0.1, 0.15) is 11.6 Å². The maximum absolute atomic E-state index is 13.5. The van der Waals surface area contributed by atoms with Crippen molar-refractivity contribution in [3.05, 3.63) is 53.8 Å². The molecule has 5 heteroatoms. The van der Waals surface area contributed by atoms with Crippen LogP contribution >= 0.6 is 11.8 Å². The van der Waals surface area contributed by atoms with Crippen LogP contribution in [0.1, 0.15) is 5.56 Å². The second-order valence-electron chi connectivity index (χ2n) is 4.12. The largest absolute Gasteiger partial charge is 0.508 e. The molecular weight excluding hydrogens is 263 g/mol. The van der Waals surface area contributed by atoms with E-state index in [0.29, 0.717) is 16.5 Å². The topological polar surface area (TPSA) is 48.9 Å². The quantitative estimate of drug-likeness (QED) is 0.716. The number of hydrogen-bond donors (Lipinski definition) is 2. The van der Waals surface area contributed by atoms with Crippen molar-refractivity contribution in [2.75, 3.05) is 0 Å². The molecule has 3 rings (SSSR count). The maximum Gasteiger partial charge on any atom is 0.166 e. The van der Waals surface area contributed by atoms with E-state index in [-0.39, 0.29) is 11.6 Å². The lowest BCUT2D eigenvalue weighted by molar-refractivity contribution is 0.476. The fourth-order valence-electron chi connectivity index (χ4n) is 1.80. The van der Waals surface area contributed by atoms with Gasteiger partial charge in [-0.2, -0.15) is 0 Å². The van der Waals surface area contributed by atoms with Gasteiger partial charge in [0.05, 0.1) is 11.0 Å². The van der Waals surface area contributed by atoms with Crippen molar-refractivity contribution in [3.63, 3.8) is 0 Å². The molecule has 0 unspecified atom stereocenters. The average molecular weight is 274 g/mol. The van der Waals surface area contributed by atoms with Gasteiger partial charge in [0.15, 0.2) is 5.16 Å². The molecule has 1 aromatic heterocycles. The number of imidazole rings is 1. The smallest absolute Gasteiger partial charge is 0.166 e. The van der Waals surface area contributed by atoms with E-state index in [1.54, 1.807) is 30.3 Å². The Hall–Kier alpha value is -2.01. The highest BCUT2D eigenvalue weighted by Crippen LogP contribution is 2.25. The summed E-state index contributed by atoms with van der Waals surface area (Å²) in [4.78, 5) is 7.47. The first-order valence-electron chi connectivity index (χ1n) is 5.77. The summed E-state index contributed by atoms with van der Waals surface area (Å²) in [6.07, 6.45) is 0. The predicted octanol–water partition coefficient (Wildman–Crippen LogP) is 3.70. The molecule has 0 spiro atoms. The molecule has 0 radical (unpaired) electrons.